The predicted molar refractivity (Wildman–Crippen MR) is 75.0 cm³/mol. The third-order valence-electron chi connectivity index (χ3n) is 3.67. The Morgan fingerprint density at radius 2 is 2.11 bits per heavy atom. The minimum atomic E-state index is -0.254. The van der Waals surface area contributed by atoms with E-state index in [0.29, 0.717) is 22.4 Å². The van der Waals surface area contributed by atoms with Gasteiger partial charge < -0.3 is 19.9 Å². The lowest BCUT2D eigenvalue weighted by atomic mass is 9.92. The van der Waals surface area contributed by atoms with Crippen LogP contribution < -0.4 is 15.2 Å². The molecule has 2 N–H and O–H groups in total. The molecule has 1 fully saturated rings. The average Bonchev–Trinajstić information content (AvgIpc) is 2.83. The molecule has 106 valence electrons. The number of rotatable bonds is 4. The van der Waals surface area contributed by atoms with Crippen molar-refractivity contribution in [1.82, 2.24) is 0 Å². The maximum Gasteiger partial charge on any atom is 0.146 e. The van der Waals surface area contributed by atoms with E-state index in [1.165, 1.54) is 0 Å². The summed E-state index contributed by atoms with van der Waals surface area (Å²) in [5, 5.41) is 0.448. The van der Waals surface area contributed by atoms with E-state index in [9.17, 15) is 0 Å². The molecule has 1 aromatic rings. The second-order valence-electron chi connectivity index (χ2n) is 4.83. The zero-order valence-electron chi connectivity index (χ0n) is 11.5. The highest BCUT2D eigenvalue weighted by Gasteiger charge is 2.33. The molecule has 1 heterocycles. The molecule has 0 aromatic heterocycles. The second kappa shape index (κ2) is 5.99. The molecule has 19 heavy (non-hydrogen) atoms. The van der Waals surface area contributed by atoms with E-state index in [1.54, 1.807) is 20.3 Å². The van der Waals surface area contributed by atoms with Gasteiger partial charge >= 0.3 is 0 Å². The van der Waals surface area contributed by atoms with Crippen LogP contribution in [0.5, 0.6) is 11.5 Å². The third kappa shape index (κ3) is 2.66. The van der Waals surface area contributed by atoms with Crippen molar-refractivity contribution in [1.29, 1.82) is 0 Å². The van der Waals surface area contributed by atoms with Crippen LogP contribution in [0, 0.1) is 5.92 Å². The van der Waals surface area contributed by atoms with Crippen molar-refractivity contribution >= 4 is 11.6 Å². The standard InChI is InChI=1S/C14H20ClNO3/c1-8-6-7-19-13(8)12(16)9-4-5-10(17-2)11(15)14(9)18-3/h4-5,8,12-13H,6-7,16H2,1-3H3. The first-order valence-electron chi connectivity index (χ1n) is 6.37. The number of hydrogen-bond acceptors (Lipinski definition) is 4. The van der Waals surface area contributed by atoms with Crippen molar-refractivity contribution in [2.45, 2.75) is 25.5 Å². The predicted octanol–water partition coefficient (Wildman–Crippen LogP) is 2.78. The fourth-order valence-corrected chi connectivity index (χ4v) is 2.86. The van der Waals surface area contributed by atoms with Crippen LogP contribution in [0.4, 0.5) is 0 Å². The maximum absolute atomic E-state index is 6.32. The van der Waals surface area contributed by atoms with Gasteiger partial charge in [0.1, 0.15) is 16.5 Å². The summed E-state index contributed by atoms with van der Waals surface area (Å²) in [6.45, 7) is 2.90. The average molecular weight is 286 g/mol. The first kappa shape index (κ1) is 14.4. The Morgan fingerprint density at radius 3 is 2.63 bits per heavy atom. The van der Waals surface area contributed by atoms with Gasteiger partial charge in [-0.15, -0.1) is 0 Å². The number of halogens is 1. The molecular weight excluding hydrogens is 266 g/mol. The van der Waals surface area contributed by atoms with Crippen molar-refractivity contribution in [2.75, 3.05) is 20.8 Å². The normalized spacial score (nSPS) is 24.3. The summed E-state index contributed by atoms with van der Waals surface area (Å²) in [5.41, 5.74) is 7.18. The van der Waals surface area contributed by atoms with Crippen LogP contribution in [0.3, 0.4) is 0 Å². The van der Waals surface area contributed by atoms with Crippen LogP contribution in [-0.2, 0) is 4.74 Å². The molecular formula is C14H20ClNO3. The molecule has 1 aliphatic heterocycles. The molecule has 4 nitrogen and oxygen atoms in total. The van der Waals surface area contributed by atoms with E-state index in [4.69, 9.17) is 31.5 Å². The van der Waals surface area contributed by atoms with Gasteiger partial charge in [-0.05, 0) is 24.5 Å². The maximum atomic E-state index is 6.32. The quantitative estimate of drug-likeness (QED) is 0.924. The Kier molecular flexibility index (Phi) is 4.55. The van der Waals surface area contributed by atoms with Gasteiger partial charge in [0, 0.05) is 12.2 Å². The monoisotopic (exact) mass is 285 g/mol. The van der Waals surface area contributed by atoms with Crippen LogP contribution >= 0.6 is 11.6 Å². The summed E-state index contributed by atoms with van der Waals surface area (Å²) >= 11 is 6.25. The Labute approximate surface area is 118 Å². The lowest BCUT2D eigenvalue weighted by Gasteiger charge is -2.25. The molecule has 1 saturated heterocycles. The number of benzene rings is 1. The van der Waals surface area contributed by atoms with E-state index in [1.807, 2.05) is 6.07 Å². The van der Waals surface area contributed by atoms with E-state index in [0.717, 1.165) is 18.6 Å². The van der Waals surface area contributed by atoms with Gasteiger partial charge in [-0.2, -0.15) is 0 Å². The fourth-order valence-electron chi connectivity index (χ4n) is 2.53. The lowest BCUT2D eigenvalue weighted by Crippen LogP contribution is -2.30. The van der Waals surface area contributed by atoms with Gasteiger partial charge in [-0.1, -0.05) is 18.5 Å². The molecule has 0 amide bonds. The summed E-state index contributed by atoms with van der Waals surface area (Å²) < 4.78 is 16.3. The van der Waals surface area contributed by atoms with Crippen molar-refractivity contribution in [2.24, 2.45) is 11.7 Å². The van der Waals surface area contributed by atoms with E-state index < -0.39 is 0 Å². The number of nitrogens with two attached hydrogens (primary N) is 1. The van der Waals surface area contributed by atoms with Gasteiger partial charge in [-0.25, -0.2) is 0 Å². The molecule has 3 atom stereocenters. The number of ether oxygens (including phenoxy) is 3. The minimum absolute atomic E-state index is 0.00152. The number of hydrogen-bond donors (Lipinski definition) is 1. The highest BCUT2D eigenvalue weighted by Crippen LogP contribution is 2.41. The van der Waals surface area contributed by atoms with E-state index in [2.05, 4.69) is 6.92 Å². The Balaban J connectivity index is 2.36. The molecule has 0 saturated carbocycles. The highest BCUT2D eigenvalue weighted by molar-refractivity contribution is 6.33. The summed E-state index contributed by atoms with van der Waals surface area (Å²) in [6.07, 6.45) is 1.03. The zero-order valence-corrected chi connectivity index (χ0v) is 12.2. The van der Waals surface area contributed by atoms with Crippen LogP contribution in [-0.4, -0.2) is 26.9 Å². The van der Waals surface area contributed by atoms with Crippen molar-refractivity contribution in [3.8, 4) is 11.5 Å². The fraction of sp³-hybridized carbons (Fsp3) is 0.571. The third-order valence-corrected chi connectivity index (χ3v) is 4.03. The lowest BCUT2D eigenvalue weighted by molar-refractivity contribution is 0.0717. The molecule has 3 unspecified atom stereocenters. The SMILES string of the molecule is COc1ccc(C(N)C2OCCC2C)c(OC)c1Cl. The Bertz CT molecular complexity index is 453. The second-order valence-corrected chi connectivity index (χ2v) is 5.21. The van der Waals surface area contributed by atoms with Crippen LogP contribution in [0.15, 0.2) is 12.1 Å². The van der Waals surface area contributed by atoms with Gasteiger partial charge in [-0.3, -0.25) is 0 Å². The van der Waals surface area contributed by atoms with E-state index in [-0.39, 0.29) is 12.1 Å². The van der Waals surface area contributed by atoms with Gasteiger partial charge in [0.25, 0.3) is 0 Å². The molecule has 0 aliphatic carbocycles. The van der Waals surface area contributed by atoms with Crippen molar-refractivity contribution in [3.05, 3.63) is 22.7 Å². The first-order valence-corrected chi connectivity index (χ1v) is 6.75. The molecule has 0 bridgehead atoms. The zero-order chi connectivity index (χ0) is 14.0. The van der Waals surface area contributed by atoms with Gasteiger partial charge in [0.05, 0.1) is 26.4 Å². The van der Waals surface area contributed by atoms with Crippen LogP contribution in [0.2, 0.25) is 5.02 Å². The number of methoxy groups -OCH3 is 2. The minimum Gasteiger partial charge on any atom is -0.495 e. The van der Waals surface area contributed by atoms with Gasteiger partial charge in [0.15, 0.2) is 0 Å². The summed E-state index contributed by atoms with van der Waals surface area (Å²) in [5.74, 6) is 1.58. The molecule has 1 aliphatic rings. The molecule has 1 aromatic carbocycles. The molecule has 5 heteroatoms. The Morgan fingerprint density at radius 1 is 1.37 bits per heavy atom. The molecule has 2 rings (SSSR count). The van der Waals surface area contributed by atoms with E-state index >= 15 is 0 Å². The first-order chi connectivity index (χ1) is 9.10. The Hall–Kier alpha value is -0.970. The van der Waals surface area contributed by atoms with Crippen molar-refractivity contribution < 1.29 is 14.2 Å². The van der Waals surface area contributed by atoms with Crippen LogP contribution in [0.1, 0.15) is 24.9 Å². The smallest absolute Gasteiger partial charge is 0.146 e. The topological polar surface area (TPSA) is 53.7 Å². The summed E-state index contributed by atoms with van der Waals surface area (Å²) in [7, 11) is 3.15. The molecule has 0 spiro atoms. The highest BCUT2D eigenvalue weighted by atomic mass is 35.5. The van der Waals surface area contributed by atoms with Gasteiger partial charge in [0.2, 0.25) is 0 Å². The largest absolute Gasteiger partial charge is 0.495 e. The summed E-state index contributed by atoms with van der Waals surface area (Å²) in [6, 6.07) is 3.44. The van der Waals surface area contributed by atoms with Crippen LogP contribution in [0.25, 0.3) is 0 Å². The van der Waals surface area contributed by atoms with Crippen molar-refractivity contribution in [3.63, 3.8) is 0 Å². The molecule has 0 radical (unpaired) electrons. The summed E-state index contributed by atoms with van der Waals surface area (Å²) in [4.78, 5) is 0.